The van der Waals surface area contributed by atoms with Crippen molar-refractivity contribution in [3.05, 3.63) is 58.6 Å². The number of fused-ring (bicyclic) bond motifs is 1. The molecule has 0 fully saturated rings. The number of aliphatic hydroxyl groups excluding tert-OH is 1. The van der Waals surface area contributed by atoms with Crippen molar-refractivity contribution >= 4 is 39.1 Å². The van der Waals surface area contributed by atoms with E-state index in [4.69, 9.17) is 4.74 Å². The van der Waals surface area contributed by atoms with Gasteiger partial charge < -0.3 is 15.2 Å². The number of nitrogens with one attached hydrogen (secondary N) is 1. The standard InChI is InChI=1S/C20H20N2O4S/c1-20(2,3)26-19(25)13-6-4-12(5-7-13)18(24)21-14-8-9-16-15(10-14)22-17(11-23)27-16/h4-10,23H,11H2,1-3H3,(H,21,24). The van der Waals surface area contributed by atoms with Crippen LogP contribution in [0.2, 0.25) is 0 Å². The highest BCUT2D eigenvalue weighted by atomic mass is 32.1. The van der Waals surface area contributed by atoms with Crippen molar-refractivity contribution in [2.24, 2.45) is 0 Å². The molecule has 0 radical (unpaired) electrons. The number of thiazole rings is 1. The van der Waals surface area contributed by atoms with E-state index in [2.05, 4.69) is 10.3 Å². The van der Waals surface area contributed by atoms with E-state index in [1.165, 1.54) is 11.3 Å². The van der Waals surface area contributed by atoms with Crippen LogP contribution in [0.3, 0.4) is 0 Å². The third-order valence-corrected chi connectivity index (χ3v) is 4.63. The van der Waals surface area contributed by atoms with Crippen LogP contribution in [0.1, 0.15) is 46.5 Å². The molecule has 27 heavy (non-hydrogen) atoms. The maximum Gasteiger partial charge on any atom is 0.338 e. The van der Waals surface area contributed by atoms with Crippen LogP contribution >= 0.6 is 11.3 Å². The Morgan fingerprint density at radius 1 is 1.11 bits per heavy atom. The number of amides is 1. The molecule has 140 valence electrons. The lowest BCUT2D eigenvalue weighted by Crippen LogP contribution is -2.24. The zero-order chi connectivity index (χ0) is 19.6. The lowest BCUT2D eigenvalue weighted by molar-refractivity contribution is 0.00693. The fourth-order valence-corrected chi connectivity index (χ4v) is 3.23. The molecule has 7 heteroatoms. The molecule has 1 heterocycles. The van der Waals surface area contributed by atoms with Crippen LogP contribution in [0.15, 0.2) is 42.5 Å². The highest BCUT2D eigenvalue weighted by Gasteiger charge is 2.18. The molecule has 3 rings (SSSR count). The minimum atomic E-state index is -0.572. The second kappa shape index (κ2) is 7.46. The van der Waals surface area contributed by atoms with E-state index in [1.807, 2.05) is 6.07 Å². The largest absolute Gasteiger partial charge is 0.456 e. The summed E-state index contributed by atoms with van der Waals surface area (Å²) in [5, 5.41) is 12.6. The number of hydrogen-bond acceptors (Lipinski definition) is 6. The van der Waals surface area contributed by atoms with Gasteiger partial charge in [0.05, 0.1) is 22.4 Å². The quantitative estimate of drug-likeness (QED) is 0.664. The van der Waals surface area contributed by atoms with Crippen molar-refractivity contribution in [3.8, 4) is 0 Å². The highest BCUT2D eigenvalue weighted by molar-refractivity contribution is 7.18. The summed E-state index contributed by atoms with van der Waals surface area (Å²) in [4.78, 5) is 28.8. The molecule has 2 N–H and O–H groups in total. The van der Waals surface area contributed by atoms with Gasteiger partial charge in [0.2, 0.25) is 0 Å². The Balaban J connectivity index is 1.71. The Bertz CT molecular complexity index is 987. The Kier molecular flexibility index (Phi) is 5.25. The third-order valence-electron chi connectivity index (χ3n) is 3.61. The number of carbonyl (C=O) groups excluding carboxylic acids is 2. The predicted molar refractivity (Wildman–Crippen MR) is 105 cm³/mol. The Morgan fingerprint density at radius 3 is 2.41 bits per heavy atom. The van der Waals surface area contributed by atoms with Crippen molar-refractivity contribution in [1.29, 1.82) is 0 Å². The van der Waals surface area contributed by atoms with E-state index in [0.717, 1.165) is 10.2 Å². The van der Waals surface area contributed by atoms with E-state index in [1.54, 1.807) is 57.2 Å². The molecule has 0 bridgehead atoms. The molecule has 2 aromatic carbocycles. The SMILES string of the molecule is CC(C)(C)OC(=O)c1ccc(C(=O)Nc2ccc3sc(CO)nc3c2)cc1. The van der Waals surface area contributed by atoms with Crippen molar-refractivity contribution in [1.82, 2.24) is 4.98 Å². The van der Waals surface area contributed by atoms with E-state index in [9.17, 15) is 14.7 Å². The van der Waals surface area contributed by atoms with Gasteiger partial charge in [-0.1, -0.05) is 0 Å². The molecular weight excluding hydrogens is 364 g/mol. The van der Waals surface area contributed by atoms with Crippen LogP contribution in [0.4, 0.5) is 5.69 Å². The van der Waals surface area contributed by atoms with Gasteiger partial charge in [-0.3, -0.25) is 4.79 Å². The average molecular weight is 384 g/mol. The molecule has 0 atom stereocenters. The Hall–Kier alpha value is -2.77. The summed E-state index contributed by atoms with van der Waals surface area (Å²) in [7, 11) is 0. The van der Waals surface area contributed by atoms with Gasteiger partial charge in [0.1, 0.15) is 10.6 Å². The number of rotatable bonds is 4. The number of anilines is 1. The van der Waals surface area contributed by atoms with Gasteiger partial charge >= 0.3 is 5.97 Å². The molecule has 3 aromatic rings. The zero-order valence-electron chi connectivity index (χ0n) is 15.3. The van der Waals surface area contributed by atoms with Crippen LogP contribution in [0.25, 0.3) is 10.2 Å². The van der Waals surface area contributed by atoms with Crippen molar-refractivity contribution in [2.75, 3.05) is 5.32 Å². The predicted octanol–water partition coefficient (Wildman–Crippen LogP) is 4.00. The van der Waals surface area contributed by atoms with Crippen LogP contribution in [0, 0.1) is 0 Å². The van der Waals surface area contributed by atoms with Gasteiger partial charge in [0.15, 0.2) is 0 Å². The van der Waals surface area contributed by atoms with Crippen LogP contribution in [-0.4, -0.2) is 27.6 Å². The molecule has 0 unspecified atom stereocenters. The summed E-state index contributed by atoms with van der Waals surface area (Å²) in [5.74, 6) is -0.717. The minimum Gasteiger partial charge on any atom is -0.456 e. The number of esters is 1. The number of nitrogens with zero attached hydrogens (tertiary/aromatic N) is 1. The summed E-state index contributed by atoms with van der Waals surface area (Å²) in [5.41, 5.74) is 1.58. The summed E-state index contributed by atoms with van der Waals surface area (Å²) in [6.45, 7) is 5.30. The van der Waals surface area contributed by atoms with E-state index in [0.29, 0.717) is 21.8 Å². The first-order valence-electron chi connectivity index (χ1n) is 8.40. The summed E-state index contributed by atoms with van der Waals surface area (Å²) < 4.78 is 6.25. The summed E-state index contributed by atoms with van der Waals surface area (Å²) in [6, 6.07) is 11.7. The second-order valence-corrected chi connectivity index (χ2v) is 8.10. The number of ether oxygens (including phenoxy) is 1. The molecular formula is C20H20N2O4S. The molecule has 0 aliphatic heterocycles. The smallest absolute Gasteiger partial charge is 0.338 e. The molecule has 0 aliphatic rings. The number of benzene rings is 2. The molecule has 6 nitrogen and oxygen atoms in total. The first-order valence-corrected chi connectivity index (χ1v) is 9.22. The fourth-order valence-electron chi connectivity index (χ4n) is 2.42. The topological polar surface area (TPSA) is 88.5 Å². The summed E-state index contributed by atoms with van der Waals surface area (Å²) >= 11 is 1.41. The average Bonchev–Trinajstić information content (AvgIpc) is 3.03. The number of aliphatic hydroxyl groups is 1. The highest BCUT2D eigenvalue weighted by Crippen LogP contribution is 2.25. The van der Waals surface area contributed by atoms with E-state index < -0.39 is 11.6 Å². The number of hydrogen-bond donors (Lipinski definition) is 2. The molecule has 0 saturated heterocycles. The first-order chi connectivity index (χ1) is 12.7. The monoisotopic (exact) mass is 384 g/mol. The first kappa shape index (κ1) is 19.0. The van der Waals surface area contributed by atoms with Gasteiger partial charge in [-0.05, 0) is 63.2 Å². The van der Waals surface area contributed by atoms with E-state index >= 15 is 0 Å². The molecule has 0 aliphatic carbocycles. The van der Waals surface area contributed by atoms with Crippen LogP contribution in [-0.2, 0) is 11.3 Å². The fraction of sp³-hybridized carbons (Fsp3) is 0.250. The Morgan fingerprint density at radius 2 is 1.78 bits per heavy atom. The Labute approximate surface area is 160 Å². The van der Waals surface area contributed by atoms with Crippen molar-refractivity contribution in [3.63, 3.8) is 0 Å². The number of carbonyl (C=O) groups is 2. The van der Waals surface area contributed by atoms with Crippen molar-refractivity contribution in [2.45, 2.75) is 33.0 Å². The minimum absolute atomic E-state index is 0.106. The molecule has 0 saturated carbocycles. The van der Waals surface area contributed by atoms with Crippen LogP contribution < -0.4 is 5.32 Å². The lowest BCUT2D eigenvalue weighted by atomic mass is 10.1. The second-order valence-electron chi connectivity index (χ2n) is 6.98. The zero-order valence-corrected chi connectivity index (χ0v) is 16.1. The van der Waals surface area contributed by atoms with Gasteiger partial charge in [-0.2, -0.15) is 0 Å². The molecule has 1 amide bonds. The molecule has 1 aromatic heterocycles. The van der Waals surface area contributed by atoms with Gasteiger partial charge in [0.25, 0.3) is 5.91 Å². The van der Waals surface area contributed by atoms with Gasteiger partial charge in [-0.25, -0.2) is 9.78 Å². The van der Waals surface area contributed by atoms with Crippen molar-refractivity contribution < 1.29 is 19.4 Å². The lowest BCUT2D eigenvalue weighted by Gasteiger charge is -2.19. The van der Waals surface area contributed by atoms with Crippen LogP contribution in [0.5, 0.6) is 0 Å². The van der Waals surface area contributed by atoms with Gasteiger partial charge in [0, 0.05) is 11.3 Å². The number of aromatic nitrogens is 1. The maximum atomic E-state index is 12.4. The maximum absolute atomic E-state index is 12.4. The third kappa shape index (κ3) is 4.69. The normalized spacial score (nSPS) is 11.4. The summed E-state index contributed by atoms with van der Waals surface area (Å²) in [6.07, 6.45) is 0. The molecule has 0 spiro atoms. The van der Waals surface area contributed by atoms with E-state index in [-0.39, 0.29) is 12.5 Å². The van der Waals surface area contributed by atoms with Gasteiger partial charge in [-0.15, -0.1) is 11.3 Å².